The molecule has 0 aliphatic heterocycles. The highest BCUT2D eigenvalue weighted by atomic mass is 79.9. The van der Waals surface area contributed by atoms with E-state index in [2.05, 4.69) is 38.0 Å². The van der Waals surface area contributed by atoms with E-state index in [1.54, 1.807) is 6.07 Å². The topological polar surface area (TPSA) is 51.8 Å². The molecule has 0 saturated carbocycles. The van der Waals surface area contributed by atoms with Gasteiger partial charge in [-0.15, -0.1) is 0 Å². The Balaban J connectivity index is 1.84. The van der Waals surface area contributed by atoms with Gasteiger partial charge in [-0.1, -0.05) is 36.4 Å². The van der Waals surface area contributed by atoms with Crippen molar-refractivity contribution in [2.75, 3.05) is 0 Å². The van der Waals surface area contributed by atoms with Crippen LogP contribution in [0, 0.1) is 5.82 Å². The Kier molecular flexibility index (Phi) is 3.98. The molecule has 0 amide bonds. The minimum atomic E-state index is -0.488. The van der Waals surface area contributed by atoms with Crippen molar-refractivity contribution in [2.45, 2.75) is 5.92 Å². The van der Waals surface area contributed by atoms with Crippen molar-refractivity contribution in [3.63, 3.8) is 0 Å². The fourth-order valence-corrected chi connectivity index (χ4v) is 4.31. The van der Waals surface area contributed by atoms with Crippen LogP contribution in [0.1, 0.15) is 22.6 Å². The van der Waals surface area contributed by atoms with Crippen molar-refractivity contribution < 1.29 is 9.50 Å². The smallest absolute Gasteiger partial charge is 0.141 e. The molecule has 0 unspecified atom stereocenters. The molecule has 5 aromatic rings. The highest BCUT2D eigenvalue weighted by Gasteiger charge is 2.26. The first-order valence-corrected chi connectivity index (χ1v) is 9.72. The maximum absolute atomic E-state index is 14.0. The van der Waals surface area contributed by atoms with Gasteiger partial charge in [0.05, 0.1) is 4.47 Å². The third-order valence-corrected chi connectivity index (χ3v) is 5.85. The molecule has 3 nitrogen and oxygen atoms in total. The second-order valence-electron chi connectivity index (χ2n) is 6.84. The first-order chi connectivity index (χ1) is 13.6. The average molecular weight is 435 g/mol. The SMILES string of the molecule is Oc1cc(F)c(Br)cc1C(c1c[nH]c2ccccc12)c1c[nH]c2ccccc12. The van der Waals surface area contributed by atoms with Crippen LogP contribution in [0.3, 0.4) is 0 Å². The van der Waals surface area contributed by atoms with Crippen LogP contribution in [-0.2, 0) is 0 Å². The number of hydrogen-bond acceptors (Lipinski definition) is 1. The number of rotatable bonds is 3. The van der Waals surface area contributed by atoms with Gasteiger partial charge in [0.25, 0.3) is 0 Å². The first-order valence-electron chi connectivity index (χ1n) is 8.93. The molecule has 5 rings (SSSR count). The summed E-state index contributed by atoms with van der Waals surface area (Å²) < 4.78 is 14.3. The van der Waals surface area contributed by atoms with Crippen LogP contribution >= 0.6 is 15.9 Å². The van der Waals surface area contributed by atoms with Gasteiger partial charge in [-0.2, -0.15) is 0 Å². The van der Waals surface area contributed by atoms with Crippen molar-refractivity contribution >= 4 is 37.7 Å². The Morgan fingerprint density at radius 3 is 1.89 bits per heavy atom. The normalized spacial score (nSPS) is 11.7. The van der Waals surface area contributed by atoms with Gasteiger partial charge in [0.1, 0.15) is 11.6 Å². The summed E-state index contributed by atoms with van der Waals surface area (Å²) in [4.78, 5) is 6.63. The molecule has 2 aromatic heterocycles. The zero-order valence-corrected chi connectivity index (χ0v) is 16.3. The van der Waals surface area contributed by atoms with E-state index in [1.807, 2.05) is 48.8 Å². The van der Waals surface area contributed by atoms with Crippen LogP contribution in [-0.4, -0.2) is 15.1 Å². The number of aromatic nitrogens is 2. The molecule has 3 N–H and O–H groups in total. The van der Waals surface area contributed by atoms with Gasteiger partial charge in [-0.05, 0) is 45.3 Å². The summed E-state index contributed by atoms with van der Waals surface area (Å²) in [5, 5.41) is 12.8. The quantitative estimate of drug-likeness (QED) is 0.300. The molecule has 0 aliphatic rings. The minimum absolute atomic E-state index is 0.0683. The van der Waals surface area contributed by atoms with Gasteiger partial charge in [-0.25, -0.2) is 4.39 Å². The van der Waals surface area contributed by atoms with Gasteiger partial charge >= 0.3 is 0 Å². The second kappa shape index (κ2) is 6.53. The number of aromatic hydroxyl groups is 1. The largest absolute Gasteiger partial charge is 0.508 e. The Bertz CT molecular complexity index is 1250. The highest BCUT2D eigenvalue weighted by Crippen LogP contribution is 2.43. The number of H-pyrrole nitrogens is 2. The van der Waals surface area contributed by atoms with Gasteiger partial charge in [0.15, 0.2) is 0 Å². The van der Waals surface area contributed by atoms with E-state index in [0.717, 1.165) is 39.0 Å². The van der Waals surface area contributed by atoms with Gasteiger partial charge in [-0.3, -0.25) is 0 Å². The van der Waals surface area contributed by atoms with Crippen LogP contribution in [0.4, 0.5) is 4.39 Å². The molecule has 0 spiro atoms. The molecule has 5 heteroatoms. The van der Waals surface area contributed by atoms with Gasteiger partial charge in [0, 0.05) is 51.7 Å². The first kappa shape index (κ1) is 17.1. The molecule has 0 aliphatic carbocycles. The van der Waals surface area contributed by atoms with Crippen LogP contribution in [0.15, 0.2) is 77.5 Å². The zero-order valence-electron chi connectivity index (χ0n) is 14.7. The molecule has 2 heterocycles. The van der Waals surface area contributed by atoms with E-state index in [-0.39, 0.29) is 11.7 Å². The van der Waals surface area contributed by atoms with Crippen LogP contribution < -0.4 is 0 Å². The molecular weight excluding hydrogens is 419 g/mol. The molecule has 0 saturated heterocycles. The third kappa shape index (κ3) is 2.62. The Labute approximate surface area is 169 Å². The number of benzene rings is 3. The highest BCUT2D eigenvalue weighted by molar-refractivity contribution is 9.10. The Morgan fingerprint density at radius 2 is 1.32 bits per heavy atom. The number of hydrogen-bond donors (Lipinski definition) is 3. The second-order valence-corrected chi connectivity index (χ2v) is 7.69. The molecular formula is C23H16BrFN2O. The summed E-state index contributed by atoms with van der Waals surface area (Å²) in [7, 11) is 0. The molecule has 0 fully saturated rings. The summed E-state index contributed by atoms with van der Waals surface area (Å²) in [6.07, 6.45) is 3.93. The summed E-state index contributed by atoms with van der Waals surface area (Å²) in [5.74, 6) is -0.830. The standard InChI is InChI=1S/C23H16BrFN2O/c24-18-9-15(22(28)10-19(18)25)23(16-11-26-20-7-3-1-5-13(16)20)17-12-27-21-8-4-2-6-14(17)21/h1-12,23,26-28H. The molecule has 138 valence electrons. The lowest BCUT2D eigenvalue weighted by molar-refractivity contribution is 0.460. The zero-order chi connectivity index (χ0) is 19.3. The number of halogens is 2. The molecule has 0 atom stereocenters. The summed E-state index contributed by atoms with van der Waals surface area (Å²) >= 11 is 3.27. The molecule has 0 radical (unpaired) electrons. The molecule has 3 aromatic carbocycles. The lowest BCUT2D eigenvalue weighted by Crippen LogP contribution is -2.03. The fourth-order valence-electron chi connectivity index (χ4n) is 3.95. The lowest BCUT2D eigenvalue weighted by Gasteiger charge is -2.19. The Hall–Kier alpha value is -3.05. The van der Waals surface area contributed by atoms with Crippen molar-refractivity contribution in [1.82, 2.24) is 9.97 Å². The van der Waals surface area contributed by atoms with E-state index in [9.17, 15) is 9.50 Å². The summed E-state index contributed by atoms with van der Waals surface area (Å²) in [6.45, 7) is 0. The summed E-state index contributed by atoms with van der Waals surface area (Å²) in [6, 6.07) is 18.9. The predicted molar refractivity (Wildman–Crippen MR) is 113 cm³/mol. The van der Waals surface area contributed by atoms with Crippen molar-refractivity contribution in [3.8, 4) is 5.75 Å². The van der Waals surface area contributed by atoms with Crippen molar-refractivity contribution in [1.29, 1.82) is 0 Å². The van der Waals surface area contributed by atoms with Crippen molar-refractivity contribution in [2.24, 2.45) is 0 Å². The fraction of sp³-hybridized carbons (Fsp3) is 0.0435. The van der Waals surface area contributed by atoms with E-state index < -0.39 is 5.82 Å². The van der Waals surface area contributed by atoms with Crippen LogP contribution in [0.5, 0.6) is 5.75 Å². The van der Waals surface area contributed by atoms with Crippen LogP contribution in [0.25, 0.3) is 21.8 Å². The summed E-state index contributed by atoms with van der Waals surface area (Å²) in [5.41, 5.74) is 4.72. The van der Waals surface area contributed by atoms with Crippen molar-refractivity contribution in [3.05, 3.63) is 100 Å². The maximum atomic E-state index is 14.0. The maximum Gasteiger partial charge on any atom is 0.141 e. The number of phenolic OH excluding ortho intramolecular Hbond substituents is 1. The molecule has 28 heavy (non-hydrogen) atoms. The number of aromatic amines is 2. The predicted octanol–water partition coefficient (Wildman–Crippen LogP) is 6.44. The Morgan fingerprint density at radius 1 is 0.786 bits per heavy atom. The van der Waals surface area contributed by atoms with Gasteiger partial charge < -0.3 is 15.1 Å². The average Bonchev–Trinajstić information content (AvgIpc) is 3.31. The molecule has 0 bridgehead atoms. The number of nitrogens with one attached hydrogen (secondary N) is 2. The van der Waals surface area contributed by atoms with Gasteiger partial charge in [0.2, 0.25) is 0 Å². The third-order valence-electron chi connectivity index (χ3n) is 5.25. The van der Waals surface area contributed by atoms with Crippen LogP contribution in [0.2, 0.25) is 0 Å². The van der Waals surface area contributed by atoms with E-state index in [0.29, 0.717) is 10.0 Å². The lowest BCUT2D eigenvalue weighted by atomic mass is 9.84. The van der Waals surface area contributed by atoms with E-state index in [1.165, 1.54) is 0 Å². The van der Waals surface area contributed by atoms with E-state index >= 15 is 0 Å². The number of phenols is 1. The van der Waals surface area contributed by atoms with E-state index in [4.69, 9.17) is 0 Å². The monoisotopic (exact) mass is 434 g/mol. The number of para-hydroxylation sites is 2. The minimum Gasteiger partial charge on any atom is -0.508 e. The number of fused-ring (bicyclic) bond motifs is 2.